The van der Waals surface area contributed by atoms with Crippen molar-refractivity contribution >= 4 is 33.4 Å². The van der Waals surface area contributed by atoms with Crippen LogP contribution in [0, 0.1) is 0 Å². The minimum atomic E-state index is -0.715. The molecule has 6 nitrogen and oxygen atoms in total. The van der Waals surface area contributed by atoms with Crippen molar-refractivity contribution in [3.05, 3.63) is 69.7 Å². The van der Waals surface area contributed by atoms with E-state index in [2.05, 4.69) is 15.9 Å². The topological polar surface area (TPSA) is 76.1 Å². The van der Waals surface area contributed by atoms with Gasteiger partial charge >= 0.3 is 0 Å². The summed E-state index contributed by atoms with van der Waals surface area (Å²) in [5.41, 5.74) is 1.25. The van der Waals surface area contributed by atoms with Crippen LogP contribution in [0.25, 0.3) is 5.76 Å². The van der Waals surface area contributed by atoms with Crippen LogP contribution >= 0.6 is 15.9 Å². The Hall–Kier alpha value is -2.64. The van der Waals surface area contributed by atoms with Gasteiger partial charge in [-0.1, -0.05) is 40.2 Å². The molecule has 4 rings (SSSR count). The fourth-order valence-corrected chi connectivity index (χ4v) is 4.26. The van der Waals surface area contributed by atoms with Crippen molar-refractivity contribution in [3.8, 4) is 5.75 Å². The van der Waals surface area contributed by atoms with Gasteiger partial charge in [-0.2, -0.15) is 0 Å². The third kappa shape index (κ3) is 3.87. The first kappa shape index (κ1) is 20.6. The van der Waals surface area contributed by atoms with Crippen LogP contribution in [0.3, 0.4) is 0 Å². The molecule has 0 aromatic heterocycles. The summed E-state index contributed by atoms with van der Waals surface area (Å²) in [5.74, 6) is -0.902. The molecule has 1 N–H and O–H groups in total. The number of carbonyl (C=O) groups is 2. The normalized spacial score (nSPS) is 23.2. The molecular weight excluding hydrogens is 450 g/mol. The van der Waals surface area contributed by atoms with E-state index >= 15 is 0 Å². The monoisotopic (exact) mass is 471 g/mol. The van der Waals surface area contributed by atoms with Gasteiger partial charge in [0.15, 0.2) is 0 Å². The summed E-state index contributed by atoms with van der Waals surface area (Å²) in [6.07, 6.45) is 1.64. The Morgan fingerprint density at radius 1 is 1.23 bits per heavy atom. The summed E-state index contributed by atoms with van der Waals surface area (Å²) in [6, 6.07) is 13.5. The van der Waals surface area contributed by atoms with E-state index in [1.807, 2.05) is 6.07 Å². The third-order valence-corrected chi connectivity index (χ3v) is 6.02. The molecule has 2 aromatic rings. The molecule has 0 aliphatic carbocycles. The average Bonchev–Trinajstić information content (AvgIpc) is 3.36. The van der Waals surface area contributed by atoms with E-state index in [1.54, 1.807) is 49.6 Å². The van der Waals surface area contributed by atoms with Crippen LogP contribution < -0.4 is 4.74 Å². The van der Waals surface area contributed by atoms with Gasteiger partial charge in [0.2, 0.25) is 0 Å². The fourth-order valence-electron chi connectivity index (χ4n) is 4.00. The quantitative estimate of drug-likeness (QED) is 0.404. The number of halogens is 1. The molecule has 0 saturated carbocycles. The van der Waals surface area contributed by atoms with E-state index < -0.39 is 17.7 Å². The predicted octanol–water partition coefficient (Wildman–Crippen LogP) is 4.06. The number of carbonyl (C=O) groups excluding carboxylic acids is 2. The van der Waals surface area contributed by atoms with E-state index in [9.17, 15) is 14.7 Å². The number of methoxy groups -OCH3 is 1. The van der Waals surface area contributed by atoms with Crippen LogP contribution in [0.4, 0.5) is 0 Å². The second-order valence-electron chi connectivity index (χ2n) is 7.37. The van der Waals surface area contributed by atoms with Crippen molar-refractivity contribution in [1.29, 1.82) is 0 Å². The van der Waals surface area contributed by atoms with Gasteiger partial charge in [-0.15, -0.1) is 0 Å². The molecule has 2 fully saturated rings. The maximum atomic E-state index is 13.0. The van der Waals surface area contributed by atoms with Crippen LogP contribution in [0.15, 0.2) is 58.6 Å². The molecule has 2 aliphatic heterocycles. The molecule has 2 atom stereocenters. The Balaban J connectivity index is 1.83. The van der Waals surface area contributed by atoms with Gasteiger partial charge in [0.1, 0.15) is 11.5 Å². The van der Waals surface area contributed by atoms with E-state index in [0.717, 1.165) is 17.3 Å². The zero-order chi connectivity index (χ0) is 21.3. The van der Waals surface area contributed by atoms with Crippen molar-refractivity contribution < 1.29 is 24.2 Å². The second-order valence-corrected chi connectivity index (χ2v) is 8.29. The van der Waals surface area contributed by atoms with E-state index in [1.165, 1.54) is 4.90 Å². The zero-order valence-electron chi connectivity index (χ0n) is 16.5. The number of hydrogen-bond donors (Lipinski definition) is 1. The Labute approximate surface area is 183 Å². The predicted molar refractivity (Wildman–Crippen MR) is 115 cm³/mol. The van der Waals surface area contributed by atoms with Crippen molar-refractivity contribution in [2.45, 2.75) is 25.0 Å². The lowest BCUT2D eigenvalue weighted by Gasteiger charge is -2.27. The van der Waals surface area contributed by atoms with Crippen LogP contribution in [0.5, 0.6) is 5.75 Å². The van der Waals surface area contributed by atoms with Crippen molar-refractivity contribution in [3.63, 3.8) is 0 Å². The van der Waals surface area contributed by atoms with Crippen molar-refractivity contribution in [2.24, 2.45) is 0 Å². The number of ketones is 1. The molecule has 30 heavy (non-hydrogen) atoms. The number of rotatable bonds is 5. The molecule has 2 aromatic carbocycles. The minimum Gasteiger partial charge on any atom is -0.507 e. The van der Waals surface area contributed by atoms with Gasteiger partial charge in [-0.3, -0.25) is 9.59 Å². The first-order valence-corrected chi connectivity index (χ1v) is 10.6. The van der Waals surface area contributed by atoms with Crippen LogP contribution in [0.1, 0.15) is 30.0 Å². The SMILES string of the molecule is COc1cccc(C2C(=C(O)c3ccc(Br)cc3)C(=O)C(=O)N2CC2CCCO2)c1. The Bertz CT molecular complexity index is 995. The molecule has 2 aliphatic rings. The van der Waals surface area contributed by atoms with Crippen molar-refractivity contribution in [2.75, 3.05) is 20.3 Å². The first-order chi connectivity index (χ1) is 14.5. The number of nitrogens with zero attached hydrogens (tertiary/aromatic N) is 1. The Morgan fingerprint density at radius 3 is 2.67 bits per heavy atom. The molecule has 0 bridgehead atoms. The Morgan fingerprint density at radius 2 is 2.00 bits per heavy atom. The molecule has 2 heterocycles. The highest BCUT2D eigenvalue weighted by molar-refractivity contribution is 9.10. The second kappa shape index (κ2) is 8.62. The number of ether oxygens (including phenoxy) is 2. The summed E-state index contributed by atoms with van der Waals surface area (Å²) in [7, 11) is 1.56. The van der Waals surface area contributed by atoms with Crippen LogP contribution in [-0.2, 0) is 14.3 Å². The molecule has 7 heteroatoms. The van der Waals surface area contributed by atoms with Crippen LogP contribution in [0.2, 0.25) is 0 Å². The summed E-state index contributed by atoms with van der Waals surface area (Å²) in [5, 5.41) is 11.0. The number of benzene rings is 2. The summed E-state index contributed by atoms with van der Waals surface area (Å²) >= 11 is 3.37. The maximum Gasteiger partial charge on any atom is 0.295 e. The zero-order valence-corrected chi connectivity index (χ0v) is 18.1. The largest absolute Gasteiger partial charge is 0.507 e. The molecular formula is C23H22BrNO5. The van der Waals surface area contributed by atoms with Gasteiger partial charge in [-0.05, 0) is 42.7 Å². The minimum absolute atomic E-state index is 0.0774. The maximum absolute atomic E-state index is 13.0. The smallest absolute Gasteiger partial charge is 0.295 e. The van der Waals surface area contributed by atoms with E-state index in [0.29, 0.717) is 30.0 Å². The summed E-state index contributed by atoms with van der Waals surface area (Å²) in [4.78, 5) is 27.5. The molecule has 1 amide bonds. The molecule has 0 radical (unpaired) electrons. The molecule has 2 unspecified atom stereocenters. The van der Waals surface area contributed by atoms with Gasteiger partial charge < -0.3 is 19.5 Å². The van der Waals surface area contributed by atoms with Gasteiger partial charge in [0.25, 0.3) is 11.7 Å². The highest BCUT2D eigenvalue weighted by Crippen LogP contribution is 2.41. The number of amides is 1. The first-order valence-electron chi connectivity index (χ1n) is 9.79. The van der Waals surface area contributed by atoms with Gasteiger partial charge in [-0.25, -0.2) is 0 Å². The summed E-state index contributed by atoms with van der Waals surface area (Å²) < 4.78 is 11.9. The number of hydrogen-bond acceptors (Lipinski definition) is 5. The lowest BCUT2D eigenvalue weighted by molar-refractivity contribution is -0.140. The lowest BCUT2D eigenvalue weighted by atomic mass is 9.95. The molecule has 0 spiro atoms. The third-order valence-electron chi connectivity index (χ3n) is 5.49. The average molecular weight is 472 g/mol. The lowest BCUT2D eigenvalue weighted by Crippen LogP contribution is -2.36. The van der Waals surface area contributed by atoms with Gasteiger partial charge in [0.05, 0.1) is 24.8 Å². The Kier molecular flexibility index (Phi) is 5.92. The van der Waals surface area contributed by atoms with Crippen molar-refractivity contribution in [1.82, 2.24) is 4.90 Å². The molecule has 156 valence electrons. The number of Topliss-reactive ketones (excluding diaryl/α,β-unsaturated/α-hetero) is 1. The van der Waals surface area contributed by atoms with E-state index in [-0.39, 0.29) is 17.4 Å². The summed E-state index contributed by atoms with van der Waals surface area (Å²) in [6.45, 7) is 0.945. The van der Waals surface area contributed by atoms with E-state index in [4.69, 9.17) is 9.47 Å². The highest BCUT2D eigenvalue weighted by Gasteiger charge is 2.47. The molecule has 2 saturated heterocycles. The number of aliphatic hydroxyl groups excluding tert-OH is 1. The fraction of sp³-hybridized carbons (Fsp3) is 0.304. The standard InChI is InChI=1S/C23H22BrNO5/c1-29-17-5-2-4-15(12-17)20-19(21(26)14-7-9-16(24)10-8-14)22(27)23(28)25(20)13-18-6-3-11-30-18/h2,4-5,7-10,12,18,20,26H,3,6,11,13H2,1H3. The highest BCUT2D eigenvalue weighted by atomic mass is 79.9. The van der Waals surface area contributed by atoms with Crippen LogP contribution in [-0.4, -0.2) is 48.1 Å². The number of likely N-dealkylation sites (tertiary alicyclic amines) is 1. The number of aliphatic hydroxyl groups is 1. The van der Waals surface area contributed by atoms with Gasteiger partial charge in [0, 0.05) is 23.2 Å².